The summed E-state index contributed by atoms with van der Waals surface area (Å²) in [6.07, 6.45) is 64.9. The number of aliphatic hydroxyl groups excluding tert-OH is 2. The smallest absolute Gasteiger partial charge is 0.220 e. The van der Waals surface area contributed by atoms with Gasteiger partial charge in [0.1, 0.15) is 0 Å². The normalized spacial score (nSPS) is 14.2. The van der Waals surface area contributed by atoms with Crippen molar-refractivity contribution >= 4 is 5.91 Å². The first-order chi connectivity index (χ1) is 25.7. The number of nitrogens with one attached hydrogen (secondary N) is 1. The molecule has 294 valence electrons. The molecular weight excluding hydrogens is 639 g/mol. The molecule has 2 atom stereocenters. The van der Waals surface area contributed by atoms with Crippen molar-refractivity contribution in [1.82, 2.24) is 5.32 Å². The van der Waals surface area contributed by atoms with Gasteiger partial charge in [-0.15, -0.1) is 0 Å². The molecule has 0 saturated carbocycles. The van der Waals surface area contributed by atoms with Crippen LogP contribution in [0.3, 0.4) is 0 Å². The Kier molecular flexibility index (Phi) is 40.1. The summed E-state index contributed by atoms with van der Waals surface area (Å²) >= 11 is 0. The highest BCUT2D eigenvalue weighted by Gasteiger charge is 2.17. The average molecular weight is 718 g/mol. The highest BCUT2D eigenvalue weighted by Crippen LogP contribution is 2.12. The van der Waals surface area contributed by atoms with Crippen LogP contribution < -0.4 is 5.32 Å². The van der Waals surface area contributed by atoms with Gasteiger partial charge in [-0.1, -0.05) is 187 Å². The van der Waals surface area contributed by atoms with Gasteiger partial charge in [0.2, 0.25) is 5.91 Å². The van der Waals surface area contributed by atoms with Crippen LogP contribution in [-0.4, -0.2) is 34.9 Å². The summed E-state index contributed by atoms with van der Waals surface area (Å²) in [7, 11) is 0. The third kappa shape index (κ3) is 38.3. The van der Waals surface area contributed by atoms with Gasteiger partial charge in [0.05, 0.1) is 18.8 Å². The molecule has 0 heterocycles. The Morgan fingerprint density at radius 2 is 0.865 bits per heavy atom. The van der Waals surface area contributed by atoms with Gasteiger partial charge in [-0.25, -0.2) is 0 Å². The molecule has 4 heteroatoms. The molecule has 52 heavy (non-hydrogen) atoms. The fourth-order valence-corrected chi connectivity index (χ4v) is 5.52. The van der Waals surface area contributed by atoms with E-state index < -0.39 is 12.1 Å². The summed E-state index contributed by atoms with van der Waals surface area (Å²) in [5.74, 6) is -0.165. The van der Waals surface area contributed by atoms with Crippen molar-refractivity contribution in [3.63, 3.8) is 0 Å². The molecule has 0 radical (unpaired) electrons. The first-order valence-electron chi connectivity index (χ1n) is 21.1. The first kappa shape index (κ1) is 49.1. The molecule has 0 aromatic heterocycles. The molecule has 0 bridgehead atoms. The zero-order valence-corrected chi connectivity index (χ0v) is 33.5. The van der Waals surface area contributed by atoms with Gasteiger partial charge >= 0.3 is 0 Å². The number of hydrogen-bond acceptors (Lipinski definition) is 3. The minimum Gasteiger partial charge on any atom is -0.394 e. The maximum Gasteiger partial charge on any atom is 0.220 e. The van der Waals surface area contributed by atoms with Crippen LogP contribution in [0.4, 0.5) is 0 Å². The number of rotatable bonds is 36. The molecule has 1 amide bonds. The minimum atomic E-state index is -0.908. The summed E-state index contributed by atoms with van der Waals surface area (Å²) in [6.45, 7) is 4.13. The summed E-state index contributed by atoms with van der Waals surface area (Å²) in [6, 6.07) is -0.693. The Balaban J connectivity index is 3.83. The topological polar surface area (TPSA) is 69.6 Å². The molecule has 2 unspecified atom stereocenters. The van der Waals surface area contributed by atoms with Crippen LogP contribution in [0.15, 0.2) is 109 Å². The second kappa shape index (κ2) is 42.5. The molecule has 0 aliphatic heterocycles. The molecule has 0 aliphatic carbocycles. The third-order valence-corrected chi connectivity index (χ3v) is 8.73. The van der Waals surface area contributed by atoms with Gasteiger partial charge < -0.3 is 15.5 Å². The van der Waals surface area contributed by atoms with Crippen LogP contribution in [0.25, 0.3) is 0 Å². The predicted molar refractivity (Wildman–Crippen MR) is 229 cm³/mol. The highest BCUT2D eigenvalue weighted by atomic mass is 16.3. The SMILES string of the molecule is CC/C=C\C/C=C\C/C=C\C/C=C\C/C=C\C/C=C\CCC(=O)NC(CO)C(O)/C=C/CC/C=C/CC/C=C/CCCCCCCCCCCCC. The molecule has 0 aliphatic rings. The van der Waals surface area contributed by atoms with E-state index in [0.717, 1.165) is 64.2 Å². The zero-order valence-electron chi connectivity index (χ0n) is 33.5. The van der Waals surface area contributed by atoms with E-state index in [1.807, 2.05) is 12.2 Å². The number of carbonyl (C=O) groups is 1. The van der Waals surface area contributed by atoms with Crippen LogP contribution in [0.2, 0.25) is 0 Å². The van der Waals surface area contributed by atoms with Crippen molar-refractivity contribution in [2.45, 2.75) is 180 Å². The zero-order chi connectivity index (χ0) is 37.8. The van der Waals surface area contributed by atoms with E-state index in [-0.39, 0.29) is 12.5 Å². The van der Waals surface area contributed by atoms with Crippen LogP contribution in [0.5, 0.6) is 0 Å². The third-order valence-electron chi connectivity index (χ3n) is 8.73. The molecule has 0 aromatic rings. The summed E-state index contributed by atoms with van der Waals surface area (Å²) in [5, 5.41) is 22.9. The summed E-state index contributed by atoms with van der Waals surface area (Å²) in [5.41, 5.74) is 0. The van der Waals surface area contributed by atoms with E-state index in [2.05, 4.69) is 110 Å². The average Bonchev–Trinajstić information content (AvgIpc) is 3.15. The second-order valence-corrected chi connectivity index (χ2v) is 13.7. The Hall–Kier alpha value is -2.95. The Morgan fingerprint density at radius 3 is 1.33 bits per heavy atom. The van der Waals surface area contributed by atoms with Gasteiger partial charge in [-0.3, -0.25) is 4.79 Å². The van der Waals surface area contributed by atoms with E-state index in [9.17, 15) is 15.0 Å². The van der Waals surface area contributed by atoms with Gasteiger partial charge in [-0.05, 0) is 83.5 Å². The first-order valence-corrected chi connectivity index (χ1v) is 21.1. The van der Waals surface area contributed by atoms with Crippen molar-refractivity contribution in [3.05, 3.63) is 109 Å². The van der Waals surface area contributed by atoms with E-state index in [0.29, 0.717) is 12.8 Å². The van der Waals surface area contributed by atoms with Crippen LogP contribution >= 0.6 is 0 Å². The lowest BCUT2D eigenvalue weighted by molar-refractivity contribution is -0.122. The van der Waals surface area contributed by atoms with E-state index in [1.165, 1.54) is 77.0 Å². The monoisotopic (exact) mass is 718 g/mol. The molecule has 4 nitrogen and oxygen atoms in total. The molecule has 0 rings (SSSR count). The van der Waals surface area contributed by atoms with Crippen molar-refractivity contribution in [3.8, 4) is 0 Å². The second-order valence-electron chi connectivity index (χ2n) is 13.7. The number of aliphatic hydroxyl groups is 2. The molecule has 0 fully saturated rings. The number of unbranched alkanes of at least 4 members (excludes halogenated alkanes) is 13. The summed E-state index contributed by atoms with van der Waals surface area (Å²) < 4.78 is 0. The van der Waals surface area contributed by atoms with Gasteiger partial charge in [0.15, 0.2) is 0 Å². The quantitative estimate of drug-likeness (QED) is 0.0446. The number of carbonyl (C=O) groups excluding carboxylic acids is 1. The summed E-state index contributed by atoms with van der Waals surface area (Å²) in [4.78, 5) is 12.3. The standard InChI is InChI=1S/C48H79NO3/c1-3-5-7-9-11-13-15-17-19-21-23-24-26-27-29-31-33-35-37-39-41-43-47(51)46(45-50)49-48(52)44-42-40-38-36-34-32-30-28-25-22-20-18-16-14-12-10-8-6-4-2/h6,8,12,14,18,20,25-28,32-35,38,40-41,43,46-47,50-51H,3-5,7,9-11,13,15-17,19,21-24,29-31,36-37,39,42,44-45H2,1-2H3,(H,49,52)/b8-6-,14-12-,20-18-,27-26+,28-25-,34-32-,35-33+,40-38-,43-41+. The van der Waals surface area contributed by atoms with Crippen molar-refractivity contribution in [1.29, 1.82) is 0 Å². The van der Waals surface area contributed by atoms with Crippen molar-refractivity contribution < 1.29 is 15.0 Å². The number of amides is 1. The maximum absolute atomic E-state index is 12.3. The van der Waals surface area contributed by atoms with Crippen LogP contribution in [-0.2, 0) is 4.79 Å². The highest BCUT2D eigenvalue weighted by molar-refractivity contribution is 5.76. The molecule has 0 spiro atoms. The Bertz CT molecular complexity index is 1040. The van der Waals surface area contributed by atoms with Crippen molar-refractivity contribution in [2.24, 2.45) is 0 Å². The van der Waals surface area contributed by atoms with Gasteiger partial charge in [-0.2, -0.15) is 0 Å². The molecule has 0 saturated heterocycles. The number of hydrogen-bond donors (Lipinski definition) is 3. The lowest BCUT2D eigenvalue weighted by Crippen LogP contribution is -2.45. The minimum absolute atomic E-state index is 0.165. The Labute approximate surface area is 321 Å². The van der Waals surface area contributed by atoms with E-state index >= 15 is 0 Å². The van der Waals surface area contributed by atoms with Gasteiger partial charge in [0.25, 0.3) is 0 Å². The molecular formula is C48H79NO3. The largest absolute Gasteiger partial charge is 0.394 e. The Morgan fingerprint density at radius 1 is 0.481 bits per heavy atom. The fourth-order valence-electron chi connectivity index (χ4n) is 5.52. The van der Waals surface area contributed by atoms with Crippen LogP contribution in [0, 0.1) is 0 Å². The van der Waals surface area contributed by atoms with E-state index in [4.69, 9.17) is 0 Å². The number of allylic oxidation sites excluding steroid dienone is 17. The fraction of sp³-hybridized carbons (Fsp3) is 0.604. The van der Waals surface area contributed by atoms with Crippen molar-refractivity contribution in [2.75, 3.05) is 6.61 Å². The molecule has 3 N–H and O–H groups in total. The van der Waals surface area contributed by atoms with Gasteiger partial charge in [0, 0.05) is 6.42 Å². The predicted octanol–water partition coefficient (Wildman–Crippen LogP) is 13.2. The molecule has 0 aromatic carbocycles. The maximum atomic E-state index is 12.3. The van der Waals surface area contributed by atoms with Crippen LogP contribution in [0.1, 0.15) is 168 Å². The lowest BCUT2D eigenvalue weighted by atomic mass is 10.1. The lowest BCUT2D eigenvalue weighted by Gasteiger charge is -2.19. The van der Waals surface area contributed by atoms with E-state index in [1.54, 1.807) is 6.08 Å².